The van der Waals surface area contributed by atoms with Gasteiger partial charge in [0.2, 0.25) is 5.82 Å². The zero-order chi connectivity index (χ0) is 21.0. The molecule has 0 fully saturated rings. The van der Waals surface area contributed by atoms with E-state index in [-0.39, 0.29) is 12.2 Å². The van der Waals surface area contributed by atoms with E-state index in [1.807, 2.05) is 31.2 Å². The van der Waals surface area contributed by atoms with E-state index in [9.17, 15) is 9.59 Å². The predicted octanol–water partition coefficient (Wildman–Crippen LogP) is 3.57. The first kappa shape index (κ1) is 20.5. The van der Waals surface area contributed by atoms with Crippen molar-refractivity contribution in [1.29, 1.82) is 0 Å². The zero-order valence-corrected chi connectivity index (χ0v) is 17.1. The Labute approximate surface area is 173 Å². The molecule has 0 spiro atoms. The molecule has 1 amide bonds. The number of hydrogen-bond donors (Lipinski definition) is 1. The molecule has 1 aromatic heterocycles. The van der Waals surface area contributed by atoms with Crippen molar-refractivity contribution in [2.24, 2.45) is 0 Å². The molecule has 3 rings (SSSR count). The molecule has 29 heavy (non-hydrogen) atoms. The molecule has 0 saturated heterocycles. The van der Waals surface area contributed by atoms with E-state index >= 15 is 0 Å². The van der Waals surface area contributed by atoms with Crippen molar-refractivity contribution in [3.05, 3.63) is 76.3 Å². The largest absolute Gasteiger partial charge is 0.469 e. The highest BCUT2D eigenvalue weighted by Gasteiger charge is 2.22. The maximum absolute atomic E-state index is 12.8. The second kappa shape index (κ2) is 8.87. The Hall–Kier alpha value is -3.19. The highest BCUT2D eigenvalue weighted by molar-refractivity contribution is 6.30. The van der Waals surface area contributed by atoms with E-state index in [1.54, 1.807) is 35.9 Å². The van der Waals surface area contributed by atoms with Gasteiger partial charge in [-0.05, 0) is 43.7 Å². The summed E-state index contributed by atoms with van der Waals surface area (Å²) in [6, 6.07) is 14.1. The van der Waals surface area contributed by atoms with Gasteiger partial charge in [-0.25, -0.2) is 9.67 Å². The minimum absolute atomic E-state index is 0.00216. The number of halogens is 1. The number of aromatic nitrogens is 3. The van der Waals surface area contributed by atoms with Crippen molar-refractivity contribution < 1.29 is 14.3 Å². The predicted molar refractivity (Wildman–Crippen MR) is 109 cm³/mol. The normalized spacial score (nSPS) is 11.7. The van der Waals surface area contributed by atoms with Crippen LogP contribution in [0.2, 0.25) is 5.02 Å². The molecule has 0 saturated carbocycles. The Morgan fingerprint density at radius 1 is 1.10 bits per heavy atom. The summed E-state index contributed by atoms with van der Waals surface area (Å²) in [5.41, 5.74) is 2.61. The van der Waals surface area contributed by atoms with Crippen LogP contribution in [-0.4, -0.2) is 33.8 Å². The molecule has 1 atom stereocenters. The van der Waals surface area contributed by atoms with Crippen molar-refractivity contribution >= 4 is 23.5 Å². The molecule has 150 valence electrons. The fraction of sp³-hybridized carbons (Fsp3) is 0.238. The van der Waals surface area contributed by atoms with Crippen LogP contribution in [0.25, 0.3) is 5.69 Å². The summed E-state index contributed by atoms with van der Waals surface area (Å²) in [6.45, 7) is 3.72. The van der Waals surface area contributed by atoms with E-state index in [0.717, 1.165) is 16.8 Å². The van der Waals surface area contributed by atoms with Gasteiger partial charge >= 0.3 is 5.97 Å². The topological polar surface area (TPSA) is 86.1 Å². The third-order valence-electron chi connectivity index (χ3n) is 4.43. The number of ether oxygens (including phenoxy) is 1. The number of hydrogen-bond acceptors (Lipinski definition) is 5. The van der Waals surface area contributed by atoms with Gasteiger partial charge in [0.1, 0.15) is 5.82 Å². The first-order valence-electron chi connectivity index (χ1n) is 9.01. The summed E-state index contributed by atoms with van der Waals surface area (Å²) in [7, 11) is 1.31. The maximum atomic E-state index is 12.8. The average molecular weight is 413 g/mol. The van der Waals surface area contributed by atoms with Crippen molar-refractivity contribution in [1.82, 2.24) is 20.1 Å². The smallest absolute Gasteiger partial charge is 0.307 e. The second-order valence-electron chi connectivity index (χ2n) is 6.59. The molecule has 0 radical (unpaired) electrons. The molecule has 0 aliphatic rings. The van der Waals surface area contributed by atoms with Gasteiger partial charge in [-0.2, -0.15) is 0 Å². The Morgan fingerprint density at radius 2 is 1.76 bits per heavy atom. The Kier molecular flexibility index (Phi) is 6.29. The van der Waals surface area contributed by atoms with E-state index < -0.39 is 17.9 Å². The van der Waals surface area contributed by atoms with Crippen LogP contribution in [0, 0.1) is 13.8 Å². The van der Waals surface area contributed by atoms with Gasteiger partial charge in [0.05, 0.1) is 25.3 Å². The number of methoxy groups -OCH3 is 1. The highest BCUT2D eigenvalue weighted by Crippen LogP contribution is 2.19. The molecule has 0 aliphatic carbocycles. The van der Waals surface area contributed by atoms with E-state index in [2.05, 4.69) is 15.4 Å². The van der Waals surface area contributed by atoms with Gasteiger partial charge in [-0.3, -0.25) is 9.59 Å². The lowest BCUT2D eigenvalue weighted by Gasteiger charge is -2.17. The number of benzene rings is 2. The summed E-state index contributed by atoms with van der Waals surface area (Å²) >= 11 is 5.93. The summed E-state index contributed by atoms with van der Waals surface area (Å²) in [5, 5.41) is 7.75. The molecule has 0 bridgehead atoms. The highest BCUT2D eigenvalue weighted by atomic mass is 35.5. The third kappa shape index (κ3) is 5.00. The van der Waals surface area contributed by atoms with Gasteiger partial charge < -0.3 is 10.1 Å². The van der Waals surface area contributed by atoms with Crippen LogP contribution in [-0.2, 0) is 9.53 Å². The van der Waals surface area contributed by atoms with E-state index in [4.69, 9.17) is 16.3 Å². The number of nitrogens with zero attached hydrogens (tertiary/aromatic N) is 3. The average Bonchev–Trinajstić information content (AvgIpc) is 3.10. The SMILES string of the molecule is COC(=O)CC(NC(=O)c1nc(C)n(-c2ccc(Cl)cc2)n1)c1ccc(C)cc1. The molecule has 1 N–H and O–H groups in total. The van der Waals surface area contributed by atoms with Gasteiger partial charge in [-0.1, -0.05) is 41.4 Å². The first-order valence-corrected chi connectivity index (χ1v) is 9.39. The Bertz CT molecular complexity index is 1010. The van der Waals surface area contributed by atoms with Gasteiger partial charge in [0.25, 0.3) is 5.91 Å². The minimum atomic E-state index is -0.557. The third-order valence-corrected chi connectivity index (χ3v) is 4.68. The number of esters is 1. The van der Waals surface area contributed by atoms with Crippen molar-refractivity contribution in [3.63, 3.8) is 0 Å². The molecule has 3 aromatic rings. The summed E-state index contributed by atoms with van der Waals surface area (Å²) in [5.74, 6) is -0.334. The molecule has 1 heterocycles. The number of nitrogens with one attached hydrogen (secondary N) is 1. The van der Waals surface area contributed by atoms with Crippen molar-refractivity contribution in [2.75, 3.05) is 7.11 Å². The summed E-state index contributed by atoms with van der Waals surface area (Å²) in [4.78, 5) is 28.9. The van der Waals surface area contributed by atoms with Crippen LogP contribution >= 0.6 is 11.6 Å². The summed E-state index contributed by atoms with van der Waals surface area (Å²) < 4.78 is 6.33. The Morgan fingerprint density at radius 3 is 2.38 bits per heavy atom. The fourth-order valence-electron chi connectivity index (χ4n) is 2.84. The molecule has 1 unspecified atom stereocenters. The number of carbonyl (C=O) groups excluding carboxylic acids is 2. The maximum Gasteiger partial charge on any atom is 0.307 e. The lowest BCUT2D eigenvalue weighted by atomic mass is 10.0. The van der Waals surface area contributed by atoms with Crippen molar-refractivity contribution in [2.45, 2.75) is 26.3 Å². The van der Waals surface area contributed by atoms with Crippen LogP contribution < -0.4 is 5.32 Å². The van der Waals surface area contributed by atoms with Crippen LogP contribution in [0.15, 0.2) is 48.5 Å². The molecular formula is C21H21ClN4O3. The van der Waals surface area contributed by atoms with Crippen LogP contribution in [0.3, 0.4) is 0 Å². The lowest BCUT2D eigenvalue weighted by Crippen LogP contribution is -2.31. The monoisotopic (exact) mass is 412 g/mol. The zero-order valence-electron chi connectivity index (χ0n) is 16.3. The molecule has 8 heteroatoms. The van der Waals surface area contributed by atoms with Crippen LogP contribution in [0.1, 0.15) is 40.0 Å². The Balaban J connectivity index is 1.84. The minimum Gasteiger partial charge on any atom is -0.469 e. The van der Waals surface area contributed by atoms with Crippen LogP contribution in [0.5, 0.6) is 0 Å². The summed E-state index contributed by atoms with van der Waals surface area (Å²) in [6.07, 6.45) is 0.00216. The molecule has 0 aliphatic heterocycles. The standard InChI is InChI=1S/C21H21ClN4O3/c1-13-4-6-15(7-5-13)18(12-19(27)29-3)24-21(28)20-23-14(2)26(25-20)17-10-8-16(22)9-11-17/h4-11,18H,12H2,1-3H3,(H,24,28). The lowest BCUT2D eigenvalue weighted by molar-refractivity contribution is -0.141. The molecular weight excluding hydrogens is 392 g/mol. The first-order chi connectivity index (χ1) is 13.9. The molecule has 7 nitrogen and oxygen atoms in total. The van der Waals surface area contributed by atoms with Gasteiger partial charge in [0, 0.05) is 5.02 Å². The fourth-order valence-corrected chi connectivity index (χ4v) is 2.96. The van der Waals surface area contributed by atoms with Gasteiger partial charge in [0.15, 0.2) is 0 Å². The number of amides is 1. The number of carbonyl (C=O) groups is 2. The molecule has 2 aromatic carbocycles. The van der Waals surface area contributed by atoms with Crippen molar-refractivity contribution in [3.8, 4) is 5.69 Å². The van der Waals surface area contributed by atoms with Crippen LogP contribution in [0.4, 0.5) is 0 Å². The van der Waals surface area contributed by atoms with E-state index in [1.165, 1.54) is 7.11 Å². The van der Waals surface area contributed by atoms with Gasteiger partial charge in [-0.15, -0.1) is 5.10 Å². The van der Waals surface area contributed by atoms with E-state index in [0.29, 0.717) is 10.8 Å². The quantitative estimate of drug-likeness (QED) is 0.625. The second-order valence-corrected chi connectivity index (χ2v) is 7.02. The number of rotatable bonds is 6. The number of aryl methyl sites for hydroxylation is 2.